The lowest BCUT2D eigenvalue weighted by molar-refractivity contribution is 0.0957. The maximum Gasteiger partial charge on any atom is 0.271 e. The van der Waals surface area contributed by atoms with Crippen LogP contribution in [0.2, 0.25) is 0 Å². The number of carbonyl (C=O) groups is 1. The van der Waals surface area contributed by atoms with Gasteiger partial charge in [0.25, 0.3) is 5.91 Å². The molecule has 0 fully saturated rings. The number of carbonyl (C=O) groups excluding carboxylic acids is 1. The van der Waals surface area contributed by atoms with Crippen LogP contribution in [0.5, 0.6) is 5.75 Å². The van der Waals surface area contributed by atoms with Crippen LogP contribution in [-0.2, 0) is 0 Å². The van der Waals surface area contributed by atoms with E-state index in [1.165, 1.54) is 0 Å². The molecule has 0 radical (unpaired) electrons. The lowest BCUT2D eigenvalue weighted by Gasteiger charge is -2.08. The molecule has 0 aliphatic carbocycles. The normalized spacial score (nSPS) is 10.3. The van der Waals surface area contributed by atoms with Crippen LogP contribution >= 0.6 is 0 Å². The minimum Gasteiger partial charge on any atom is -0.497 e. The van der Waals surface area contributed by atoms with Crippen LogP contribution in [-0.4, -0.2) is 29.8 Å². The van der Waals surface area contributed by atoms with Gasteiger partial charge in [0.15, 0.2) is 5.69 Å². The second-order valence-electron chi connectivity index (χ2n) is 4.97. The first kappa shape index (κ1) is 14.8. The average Bonchev–Trinajstić information content (AvgIpc) is 3.07. The number of nitrogens with one attached hydrogen (secondary N) is 1. The molecule has 0 unspecified atom stereocenters. The van der Waals surface area contributed by atoms with Gasteiger partial charge in [0.05, 0.1) is 18.5 Å². The minimum atomic E-state index is -0.213. The fraction of sp³-hybridized carbons (Fsp3) is 0.111. The molecule has 0 aliphatic rings. The van der Waals surface area contributed by atoms with Crippen LogP contribution in [0, 0.1) is 0 Å². The van der Waals surface area contributed by atoms with Crippen molar-refractivity contribution >= 4 is 5.91 Å². The molecule has 3 aromatic rings. The molecule has 116 valence electrons. The number of methoxy groups -OCH3 is 1. The minimum absolute atomic E-state index is 0.213. The molecule has 3 rings (SSSR count). The van der Waals surface area contributed by atoms with E-state index in [0.717, 1.165) is 22.7 Å². The maximum absolute atomic E-state index is 11.9. The highest BCUT2D eigenvalue weighted by molar-refractivity contribution is 5.93. The van der Waals surface area contributed by atoms with E-state index in [0.29, 0.717) is 5.69 Å². The molecule has 0 atom stereocenters. The molecule has 2 aromatic carbocycles. The van der Waals surface area contributed by atoms with Crippen molar-refractivity contribution in [2.75, 3.05) is 14.2 Å². The van der Waals surface area contributed by atoms with Crippen LogP contribution in [0.25, 0.3) is 16.9 Å². The third-order valence-electron chi connectivity index (χ3n) is 3.56. The van der Waals surface area contributed by atoms with Gasteiger partial charge in [-0.1, -0.05) is 18.2 Å². The SMILES string of the molecule is CNC(=O)c1cc(-c2ccc(OC)cc2)n(-c2ccccc2)n1. The zero-order valence-electron chi connectivity index (χ0n) is 13.0. The standard InChI is InChI=1S/C18H17N3O2/c1-19-18(22)16-12-17(13-8-10-15(23-2)11-9-13)21(20-16)14-6-4-3-5-7-14/h3-12H,1-2H3,(H,19,22). The largest absolute Gasteiger partial charge is 0.497 e. The Morgan fingerprint density at radius 1 is 1.09 bits per heavy atom. The average molecular weight is 307 g/mol. The lowest BCUT2D eigenvalue weighted by Crippen LogP contribution is -2.18. The molecule has 1 N–H and O–H groups in total. The number of hydrogen-bond acceptors (Lipinski definition) is 3. The number of amides is 1. The van der Waals surface area contributed by atoms with E-state index >= 15 is 0 Å². The van der Waals surface area contributed by atoms with Gasteiger partial charge in [-0.05, 0) is 42.5 Å². The van der Waals surface area contributed by atoms with E-state index in [2.05, 4.69) is 10.4 Å². The molecule has 1 heterocycles. The second-order valence-corrected chi connectivity index (χ2v) is 4.97. The van der Waals surface area contributed by atoms with Crippen molar-refractivity contribution in [3.63, 3.8) is 0 Å². The third-order valence-corrected chi connectivity index (χ3v) is 3.56. The Bertz CT molecular complexity index is 808. The van der Waals surface area contributed by atoms with E-state index in [1.54, 1.807) is 24.9 Å². The molecule has 1 amide bonds. The predicted octanol–water partition coefficient (Wildman–Crippen LogP) is 2.91. The Morgan fingerprint density at radius 2 is 1.78 bits per heavy atom. The van der Waals surface area contributed by atoms with E-state index in [9.17, 15) is 4.79 Å². The first-order valence-corrected chi connectivity index (χ1v) is 7.25. The Kier molecular flexibility index (Phi) is 4.10. The molecule has 23 heavy (non-hydrogen) atoms. The van der Waals surface area contributed by atoms with E-state index in [-0.39, 0.29) is 5.91 Å². The van der Waals surface area contributed by atoms with Crippen LogP contribution < -0.4 is 10.1 Å². The Hall–Kier alpha value is -3.08. The molecule has 0 saturated carbocycles. The Balaban J connectivity index is 2.13. The Labute approximate surface area is 134 Å². The van der Waals surface area contributed by atoms with Crippen LogP contribution in [0.4, 0.5) is 0 Å². The van der Waals surface area contributed by atoms with E-state index in [4.69, 9.17) is 4.74 Å². The van der Waals surface area contributed by atoms with Crippen molar-refractivity contribution in [1.82, 2.24) is 15.1 Å². The van der Waals surface area contributed by atoms with Crippen LogP contribution in [0.1, 0.15) is 10.5 Å². The zero-order valence-corrected chi connectivity index (χ0v) is 13.0. The van der Waals surface area contributed by atoms with Crippen molar-refractivity contribution in [3.05, 3.63) is 66.4 Å². The highest BCUT2D eigenvalue weighted by Gasteiger charge is 2.15. The van der Waals surface area contributed by atoms with Gasteiger partial charge >= 0.3 is 0 Å². The van der Waals surface area contributed by atoms with Crippen molar-refractivity contribution in [1.29, 1.82) is 0 Å². The highest BCUT2D eigenvalue weighted by Crippen LogP contribution is 2.26. The first-order chi connectivity index (χ1) is 11.2. The summed E-state index contributed by atoms with van der Waals surface area (Å²) in [6.07, 6.45) is 0. The molecule has 5 nitrogen and oxygen atoms in total. The number of hydrogen-bond donors (Lipinski definition) is 1. The summed E-state index contributed by atoms with van der Waals surface area (Å²) < 4.78 is 6.96. The zero-order chi connectivity index (χ0) is 16.2. The summed E-state index contributed by atoms with van der Waals surface area (Å²) in [7, 11) is 3.23. The molecular formula is C18H17N3O2. The van der Waals surface area contributed by atoms with Crippen molar-refractivity contribution in [3.8, 4) is 22.7 Å². The number of para-hydroxylation sites is 1. The first-order valence-electron chi connectivity index (χ1n) is 7.25. The van der Waals surface area contributed by atoms with E-state index in [1.807, 2.05) is 54.6 Å². The van der Waals surface area contributed by atoms with Gasteiger partial charge in [-0.2, -0.15) is 5.10 Å². The summed E-state index contributed by atoms with van der Waals surface area (Å²) >= 11 is 0. The highest BCUT2D eigenvalue weighted by atomic mass is 16.5. The molecule has 0 spiro atoms. The summed E-state index contributed by atoms with van der Waals surface area (Å²) in [5.41, 5.74) is 3.07. The molecule has 5 heteroatoms. The lowest BCUT2D eigenvalue weighted by atomic mass is 10.1. The maximum atomic E-state index is 11.9. The summed E-state index contributed by atoms with van der Waals surface area (Å²) in [6.45, 7) is 0. The Morgan fingerprint density at radius 3 is 2.39 bits per heavy atom. The fourth-order valence-corrected chi connectivity index (χ4v) is 2.35. The van der Waals surface area contributed by atoms with Crippen LogP contribution in [0.15, 0.2) is 60.7 Å². The summed E-state index contributed by atoms with van der Waals surface area (Å²) in [5, 5.41) is 7.05. The number of benzene rings is 2. The van der Waals surface area contributed by atoms with Crippen molar-refractivity contribution in [2.45, 2.75) is 0 Å². The third kappa shape index (κ3) is 2.94. The summed E-state index contributed by atoms with van der Waals surface area (Å²) in [6, 6.07) is 19.2. The van der Waals surface area contributed by atoms with Gasteiger partial charge in [0.1, 0.15) is 5.75 Å². The summed E-state index contributed by atoms with van der Waals surface area (Å²) in [5.74, 6) is 0.570. The number of rotatable bonds is 4. The fourth-order valence-electron chi connectivity index (χ4n) is 2.35. The molecular weight excluding hydrogens is 290 g/mol. The molecule has 0 bridgehead atoms. The molecule has 0 saturated heterocycles. The van der Waals surface area contributed by atoms with Gasteiger partial charge in [-0.3, -0.25) is 4.79 Å². The molecule has 1 aromatic heterocycles. The van der Waals surface area contributed by atoms with Gasteiger partial charge in [0.2, 0.25) is 0 Å². The topological polar surface area (TPSA) is 56.1 Å². The van der Waals surface area contributed by atoms with Gasteiger partial charge in [-0.25, -0.2) is 4.68 Å². The van der Waals surface area contributed by atoms with Gasteiger partial charge < -0.3 is 10.1 Å². The second kappa shape index (κ2) is 6.36. The van der Waals surface area contributed by atoms with Gasteiger partial charge in [0, 0.05) is 12.6 Å². The smallest absolute Gasteiger partial charge is 0.271 e. The quantitative estimate of drug-likeness (QED) is 0.806. The number of ether oxygens (including phenoxy) is 1. The van der Waals surface area contributed by atoms with Crippen molar-refractivity contribution in [2.24, 2.45) is 0 Å². The number of aromatic nitrogens is 2. The summed E-state index contributed by atoms with van der Waals surface area (Å²) in [4.78, 5) is 11.9. The monoisotopic (exact) mass is 307 g/mol. The van der Waals surface area contributed by atoms with Gasteiger partial charge in [-0.15, -0.1) is 0 Å². The van der Waals surface area contributed by atoms with Crippen molar-refractivity contribution < 1.29 is 9.53 Å². The number of nitrogens with zero attached hydrogens (tertiary/aromatic N) is 2. The van der Waals surface area contributed by atoms with Crippen LogP contribution in [0.3, 0.4) is 0 Å². The van der Waals surface area contributed by atoms with E-state index < -0.39 is 0 Å². The molecule has 0 aliphatic heterocycles. The predicted molar refractivity (Wildman–Crippen MR) is 88.9 cm³/mol.